The molecule has 1 saturated carbocycles. The maximum absolute atomic E-state index is 12.0. The molecule has 0 aliphatic heterocycles. The van der Waals surface area contributed by atoms with Gasteiger partial charge in [0.15, 0.2) is 0 Å². The summed E-state index contributed by atoms with van der Waals surface area (Å²) >= 11 is 0. The van der Waals surface area contributed by atoms with Gasteiger partial charge < -0.3 is 0 Å². The lowest BCUT2D eigenvalue weighted by Gasteiger charge is -2.24. The maximum atomic E-state index is 12.0. The van der Waals surface area contributed by atoms with Crippen LogP contribution in [0, 0.1) is 0 Å². The van der Waals surface area contributed by atoms with Gasteiger partial charge >= 0.3 is 0 Å². The van der Waals surface area contributed by atoms with E-state index < -0.39 is 0 Å². The molecule has 0 spiro atoms. The van der Waals surface area contributed by atoms with Crippen molar-refractivity contribution in [1.29, 1.82) is 0 Å². The van der Waals surface area contributed by atoms with E-state index in [2.05, 4.69) is 18.7 Å². The molecule has 60 valence electrons. The second-order valence-electron chi connectivity index (χ2n) is 3.25. The summed E-state index contributed by atoms with van der Waals surface area (Å²) in [4.78, 5) is 2.25. The highest BCUT2D eigenvalue weighted by atomic mass is 19.1. The summed E-state index contributed by atoms with van der Waals surface area (Å²) in [7, 11) is 0. The van der Waals surface area contributed by atoms with Crippen LogP contribution in [0.15, 0.2) is 0 Å². The molecule has 0 saturated heterocycles. The Morgan fingerprint density at radius 1 is 1.50 bits per heavy atom. The summed E-state index contributed by atoms with van der Waals surface area (Å²) in [5.74, 6) is 0. The molecule has 0 aromatic carbocycles. The summed E-state index contributed by atoms with van der Waals surface area (Å²) < 4.78 is 12.0. The lowest BCUT2D eigenvalue weighted by atomic mass is 10.3. The van der Waals surface area contributed by atoms with Crippen LogP contribution < -0.4 is 0 Å². The van der Waals surface area contributed by atoms with Crippen molar-refractivity contribution in [3.05, 3.63) is 0 Å². The fourth-order valence-electron chi connectivity index (χ4n) is 1.37. The van der Waals surface area contributed by atoms with Crippen LogP contribution >= 0.6 is 0 Å². The fourth-order valence-corrected chi connectivity index (χ4v) is 1.37. The zero-order valence-electron chi connectivity index (χ0n) is 6.81. The Bertz CT molecular complexity index is 97.4. The molecule has 0 heterocycles. The van der Waals surface area contributed by atoms with E-state index in [1.54, 1.807) is 0 Å². The van der Waals surface area contributed by atoms with Gasteiger partial charge in [0.25, 0.3) is 0 Å². The van der Waals surface area contributed by atoms with Crippen LogP contribution in [-0.4, -0.2) is 30.2 Å². The molecule has 0 amide bonds. The minimum Gasteiger partial charge on any atom is -0.295 e. The Morgan fingerprint density at radius 2 is 2.10 bits per heavy atom. The van der Waals surface area contributed by atoms with Crippen LogP contribution in [0.2, 0.25) is 0 Å². The third-order valence-electron chi connectivity index (χ3n) is 2.02. The first kappa shape index (κ1) is 7.99. The average Bonchev–Trinajstić information content (AvgIpc) is 2.63. The van der Waals surface area contributed by atoms with Gasteiger partial charge in [-0.05, 0) is 26.7 Å². The number of nitrogens with zero attached hydrogens (tertiary/aromatic N) is 1. The second kappa shape index (κ2) is 3.33. The van der Waals surface area contributed by atoms with Gasteiger partial charge in [-0.15, -0.1) is 0 Å². The average molecular weight is 145 g/mol. The fraction of sp³-hybridized carbons (Fsp3) is 1.00. The van der Waals surface area contributed by atoms with Crippen molar-refractivity contribution in [1.82, 2.24) is 4.90 Å². The van der Waals surface area contributed by atoms with Crippen molar-refractivity contribution in [2.24, 2.45) is 0 Å². The molecule has 10 heavy (non-hydrogen) atoms. The van der Waals surface area contributed by atoms with E-state index in [1.165, 1.54) is 12.8 Å². The van der Waals surface area contributed by atoms with Gasteiger partial charge in [0.05, 0.1) is 0 Å². The third kappa shape index (κ3) is 1.94. The first-order chi connectivity index (χ1) is 4.75. The highest BCUT2D eigenvalue weighted by Crippen LogP contribution is 2.27. The maximum Gasteiger partial charge on any atom is 0.102 e. The van der Waals surface area contributed by atoms with Crippen molar-refractivity contribution >= 4 is 0 Å². The molecular weight excluding hydrogens is 129 g/mol. The highest BCUT2D eigenvalue weighted by molar-refractivity contribution is 4.85. The van der Waals surface area contributed by atoms with E-state index >= 15 is 0 Å². The first-order valence-corrected chi connectivity index (χ1v) is 4.07. The summed E-state index contributed by atoms with van der Waals surface area (Å²) in [6.07, 6.45) is 2.55. The van der Waals surface area contributed by atoms with Crippen LogP contribution in [0.1, 0.15) is 26.7 Å². The van der Waals surface area contributed by atoms with Gasteiger partial charge in [-0.25, -0.2) is 4.39 Å². The van der Waals surface area contributed by atoms with Crippen molar-refractivity contribution in [3.8, 4) is 0 Å². The van der Waals surface area contributed by atoms with E-state index in [0.29, 0.717) is 18.6 Å². The van der Waals surface area contributed by atoms with Gasteiger partial charge in [-0.2, -0.15) is 0 Å². The monoisotopic (exact) mass is 145 g/mol. The van der Waals surface area contributed by atoms with Crippen molar-refractivity contribution < 1.29 is 4.39 Å². The normalized spacial score (nSPS) is 18.9. The number of hydrogen-bond acceptors (Lipinski definition) is 1. The summed E-state index contributed by atoms with van der Waals surface area (Å²) in [6, 6.07) is 1.22. The summed E-state index contributed by atoms with van der Waals surface area (Å²) in [6.45, 7) is 4.69. The van der Waals surface area contributed by atoms with Gasteiger partial charge in [0, 0.05) is 18.6 Å². The molecule has 0 aromatic heterocycles. The van der Waals surface area contributed by atoms with Crippen LogP contribution in [0.3, 0.4) is 0 Å². The Balaban J connectivity index is 2.26. The summed E-state index contributed by atoms with van der Waals surface area (Å²) in [5, 5.41) is 0. The quantitative estimate of drug-likeness (QED) is 0.583. The smallest absolute Gasteiger partial charge is 0.102 e. The Hall–Kier alpha value is -0.110. The van der Waals surface area contributed by atoms with E-state index in [0.717, 1.165) is 0 Å². The number of hydrogen-bond donors (Lipinski definition) is 0. The van der Waals surface area contributed by atoms with Crippen LogP contribution in [0.5, 0.6) is 0 Å². The predicted octanol–water partition coefficient (Wildman–Crippen LogP) is 1.83. The molecule has 1 rings (SSSR count). The van der Waals surface area contributed by atoms with E-state index in [-0.39, 0.29) is 6.67 Å². The Kier molecular flexibility index (Phi) is 2.66. The molecule has 0 aromatic rings. The minimum absolute atomic E-state index is 0.200. The van der Waals surface area contributed by atoms with Gasteiger partial charge in [0.1, 0.15) is 6.67 Å². The molecule has 0 N–H and O–H groups in total. The molecule has 0 atom stereocenters. The standard InChI is InChI=1S/C8H16FN/c1-7(2)10(6-5-9)8-3-4-8/h7-8H,3-6H2,1-2H3. The van der Waals surface area contributed by atoms with Gasteiger partial charge in [0.2, 0.25) is 0 Å². The zero-order chi connectivity index (χ0) is 7.56. The van der Waals surface area contributed by atoms with Gasteiger partial charge in [-0.3, -0.25) is 4.90 Å². The molecule has 1 nitrogen and oxygen atoms in total. The molecule has 1 aliphatic carbocycles. The third-order valence-corrected chi connectivity index (χ3v) is 2.02. The molecule has 1 aliphatic rings. The number of alkyl halides is 1. The molecular formula is C8H16FN. The Morgan fingerprint density at radius 3 is 2.40 bits per heavy atom. The summed E-state index contributed by atoms with van der Waals surface area (Å²) in [5.41, 5.74) is 0. The molecule has 0 bridgehead atoms. The van der Waals surface area contributed by atoms with Crippen molar-refractivity contribution in [2.45, 2.75) is 38.8 Å². The van der Waals surface area contributed by atoms with Crippen molar-refractivity contribution in [3.63, 3.8) is 0 Å². The van der Waals surface area contributed by atoms with E-state index in [4.69, 9.17) is 0 Å². The highest BCUT2D eigenvalue weighted by Gasteiger charge is 2.29. The zero-order valence-corrected chi connectivity index (χ0v) is 6.81. The predicted molar refractivity (Wildman–Crippen MR) is 40.8 cm³/mol. The molecule has 0 radical (unpaired) electrons. The van der Waals surface area contributed by atoms with E-state index in [1.807, 2.05) is 0 Å². The topological polar surface area (TPSA) is 3.24 Å². The number of halogens is 1. The van der Waals surface area contributed by atoms with Gasteiger partial charge in [-0.1, -0.05) is 0 Å². The molecule has 1 fully saturated rings. The minimum atomic E-state index is -0.200. The van der Waals surface area contributed by atoms with Crippen LogP contribution in [-0.2, 0) is 0 Å². The largest absolute Gasteiger partial charge is 0.295 e. The molecule has 2 heteroatoms. The van der Waals surface area contributed by atoms with Crippen LogP contribution in [0.25, 0.3) is 0 Å². The Labute approximate surface area is 62.2 Å². The second-order valence-corrected chi connectivity index (χ2v) is 3.25. The van der Waals surface area contributed by atoms with Crippen molar-refractivity contribution in [2.75, 3.05) is 13.2 Å². The number of rotatable bonds is 4. The van der Waals surface area contributed by atoms with E-state index in [9.17, 15) is 4.39 Å². The molecule has 0 unspecified atom stereocenters. The SMILES string of the molecule is CC(C)N(CCF)C1CC1. The van der Waals surface area contributed by atoms with Crippen LogP contribution in [0.4, 0.5) is 4.39 Å². The lowest BCUT2D eigenvalue weighted by Crippen LogP contribution is -2.34. The first-order valence-electron chi connectivity index (χ1n) is 4.07. The lowest BCUT2D eigenvalue weighted by molar-refractivity contribution is 0.193.